The van der Waals surface area contributed by atoms with Crippen molar-refractivity contribution in [1.82, 2.24) is 0 Å². The lowest BCUT2D eigenvalue weighted by molar-refractivity contribution is -0.119. The van der Waals surface area contributed by atoms with Gasteiger partial charge in [-0.1, -0.05) is 19.9 Å². The molecular formula is C23H28N2O4. The normalized spacial score (nSPS) is 20.9. The molecule has 1 aliphatic heterocycles. The molecule has 0 amide bonds. The van der Waals surface area contributed by atoms with Crippen molar-refractivity contribution < 1.29 is 19.0 Å². The van der Waals surface area contributed by atoms with Gasteiger partial charge in [-0.25, -0.2) is 0 Å². The van der Waals surface area contributed by atoms with Crippen LogP contribution in [0, 0.1) is 16.7 Å². The summed E-state index contributed by atoms with van der Waals surface area (Å²) in [5, 5.41) is 9.76. The van der Waals surface area contributed by atoms with Gasteiger partial charge in [0.05, 0.1) is 18.6 Å². The van der Waals surface area contributed by atoms with Crippen LogP contribution in [0.1, 0.15) is 58.9 Å². The molecule has 1 heterocycles. The molecule has 1 unspecified atom stereocenters. The van der Waals surface area contributed by atoms with Crippen molar-refractivity contribution in [2.45, 2.75) is 59.5 Å². The first kappa shape index (κ1) is 20.8. The van der Waals surface area contributed by atoms with Gasteiger partial charge in [0.2, 0.25) is 5.88 Å². The summed E-state index contributed by atoms with van der Waals surface area (Å²) in [6.45, 7) is 10.3. The number of ketones is 1. The van der Waals surface area contributed by atoms with Gasteiger partial charge in [-0.3, -0.25) is 4.79 Å². The van der Waals surface area contributed by atoms with Gasteiger partial charge in [0.25, 0.3) is 0 Å². The second-order valence-corrected chi connectivity index (χ2v) is 8.51. The molecule has 1 aliphatic carbocycles. The van der Waals surface area contributed by atoms with Crippen LogP contribution in [-0.2, 0) is 9.53 Å². The first-order valence-corrected chi connectivity index (χ1v) is 9.94. The summed E-state index contributed by atoms with van der Waals surface area (Å²) in [5.74, 6) is 1.24. The molecule has 0 saturated carbocycles. The second kappa shape index (κ2) is 7.82. The Morgan fingerprint density at radius 3 is 2.66 bits per heavy atom. The molecule has 2 aliphatic rings. The lowest BCUT2D eigenvalue weighted by Crippen LogP contribution is -2.33. The lowest BCUT2D eigenvalue weighted by Gasteiger charge is -2.37. The number of hydrogen-bond acceptors (Lipinski definition) is 6. The number of benzene rings is 1. The van der Waals surface area contributed by atoms with E-state index in [-0.39, 0.29) is 28.8 Å². The van der Waals surface area contributed by atoms with Gasteiger partial charge >= 0.3 is 0 Å². The van der Waals surface area contributed by atoms with E-state index in [1.54, 1.807) is 0 Å². The Morgan fingerprint density at radius 2 is 2.03 bits per heavy atom. The summed E-state index contributed by atoms with van der Waals surface area (Å²) in [5.41, 5.74) is 7.40. The molecule has 0 bridgehead atoms. The molecule has 29 heavy (non-hydrogen) atoms. The molecule has 6 heteroatoms. The molecule has 1 aromatic carbocycles. The Labute approximate surface area is 171 Å². The number of carbonyl (C=O) groups is 1. The summed E-state index contributed by atoms with van der Waals surface area (Å²) in [6.07, 6.45) is 0.985. The zero-order valence-electron chi connectivity index (χ0n) is 17.7. The van der Waals surface area contributed by atoms with Gasteiger partial charge in [0.15, 0.2) is 17.3 Å². The highest BCUT2D eigenvalue weighted by atomic mass is 16.5. The largest absolute Gasteiger partial charge is 0.490 e. The highest BCUT2D eigenvalue weighted by molar-refractivity contribution is 6.00. The summed E-state index contributed by atoms with van der Waals surface area (Å²) in [6, 6.07) is 7.66. The van der Waals surface area contributed by atoms with Crippen LogP contribution in [0.5, 0.6) is 11.5 Å². The monoisotopic (exact) mass is 396 g/mol. The van der Waals surface area contributed by atoms with Crippen LogP contribution >= 0.6 is 0 Å². The van der Waals surface area contributed by atoms with Gasteiger partial charge < -0.3 is 19.9 Å². The van der Waals surface area contributed by atoms with E-state index in [0.717, 1.165) is 5.56 Å². The number of nitriles is 1. The number of hydrogen-bond donors (Lipinski definition) is 1. The van der Waals surface area contributed by atoms with E-state index in [9.17, 15) is 10.1 Å². The SMILES string of the molecule is CCOc1cc(C2C(C#N)=C(N)OC3=C2C(=O)CC(C)(C)C3)ccc1OC(C)C. The maximum Gasteiger partial charge on any atom is 0.205 e. The number of nitrogens with two attached hydrogens (primary N) is 1. The van der Waals surface area contributed by atoms with E-state index in [1.165, 1.54) is 0 Å². The zero-order valence-corrected chi connectivity index (χ0v) is 17.7. The van der Waals surface area contributed by atoms with Crippen molar-refractivity contribution in [3.05, 3.63) is 46.6 Å². The summed E-state index contributed by atoms with van der Waals surface area (Å²) >= 11 is 0. The van der Waals surface area contributed by atoms with E-state index in [4.69, 9.17) is 19.9 Å². The van der Waals surface area contributed by atoms with E-state index in [0.29, 0.717) is 42.3 Å². The van der Waals surface area contributed by atoms with E-state index in [2.05, 4.69) is 6.07 Å². The predicted octanol–water partition coefficient (Wildman–Crippen LogP) is 4.32. The Morgan fingerprint density at radius 1 is 1.31 bits per heavy atom. The summed E-state index contributed by atoms with van der Waals surface area (Å²) < 4.78 is 17.4. The van der Waals surface area contributed by atoms with E-state index >= 15 is 0 Å². The number of allylic oxidation sites excluding steroid dienone is 3. The van der Waals surface area contributed by atoms with Crippen LogP contribution in [0.2, 0.25) is 0 Å². The standard InChI is InChI=1S/C23H28N2O4/c1-6-27-18-9-14(7-8-17(18)28-13(2)3)20-15(12-24)22(25)29-19-11-23(4,5)10-16(26)21(19)20/h7-9,13,20H,6,10-11,25H2,1-5H3. The van der Waals surface area contributed by atoms with Crippen LogP contribution in [0.4, 0.5) is 0 Å². The number of nitrogens with zero attached hydrogens (tertiary/aromatic N) is 1. The average Bonchev–Trinajstić information content (AvgIpc) is 2.60. The van der Waals surface area contributed by atoms with Crippen molar-refractivity contribution in [2.24, 2.45) is 11.1 Å². The van der Waals surface area contributed by atoms with Crippen LogP contribution in [0.15, 0.2) is 41.0 Å². The quantitative estimate of drug-likeness (QED) is 0.796. The molecule has 6 nitrogen and oxygen atoms in total. The summed E-state index contributed by atoms with van der Waals surface area (Å²) in [4.78, 5) is 13.1. The minimum Gasteiger partial charge on any atom is -0.490 e. The number of ether oxygens (including phenoxy) is 3. The Hall–Kier alpha value is -2.94. The van der Waals surface area contributed by atoms with Gasteiger partial charge in [0, 0.05) is 18.4 Å². The van der Waals surface area contributed by atoms with Crippen molar-refractivity contribution in [3.63, 3.8) is 0 Å². The molecular weight excluding hydrogens is 368 g/mol. The molecule has 0 radical (unpaired) electrons. The molecule has 0 fully saturated rings. The number of carbonyl (C=O) groups excluding carboxylic acids is 1. The smallest absolute Gasteiger partial charge is 0.205 e. The Kier molecular flexibility index (Phi) is 5.61. The predicted molar refractivity (Wildman–Crippen MR) is 109 cm³/mol. The second-order valence-electron chi connectivity index (χ2n) is 8.51. The highest BCUT2D eigenvalue weighted by Gasteiger charge is 2.43. The third kappa shape index (κ3) is 4.09. The van der Waals surface area contributed by atoms with Gasteiger partial charge in [-0.2, -0.15) is 5.26 Å². The van der Waals surface area contributed by atoms with E-state index in [1.807, 2.05) is 52.8 Å². The van der Waals surface area contributed by atoms with Gasteiger partial charge in [-0.15, -0.1) is 0 Å². The molecule has 154 valence electrons. The fourth-order valence-electron chi connectivity index (χ4n) is 3.94. The first-order valence-electron chi connectivity index (χ1n) is 9.94. The molecule has 1 aromatic rings. The first-order chi connectivity index (χ1) is 13.7. The molecule has 0 spiro atoms. The highest BCUT2D eigenvalue weighted by Crippen LogP contribution is 2.48. The number of Topliss-reactive ketones (excluding diaryl/α,β-unsaturated/α-hetero) is 1. The van der Waals surface area contributed by atoms with E-state index < -0.39 is 5.92 Å². The lowest BCUT2D eigenvalue weighted by atomic mass is 9.70. The van der Waals surface area contributed by atoms with Crippen molar-refractivity contribution in [1.29, 1.82) is 5.26 Å². The third-order valence-corrected chi connectivity index (χ3v) is 5.04. The van der Waals surface area contributed by atoms with Crippen LogP contribution < -0.4 is 15.2 Å². The number of rotatable bonds is 5. The summed E-state index contributed by atoms with van der Waals surface area (Å²) in [7, 11) is 0. The van der Waals surface area contributed by atoms with Crippen molar-refractivity contribution in [2.75, 3.05) is 6.61 Å². The molecule has 2 N–H and O–H groups in total. The molecule has 1 atom stereocenters. The third-order valence-electron chi connectivity index (χ3n) is 5.04. The van der Waals surface area contributed by atoms with Crippen molar-refractivity contribution in [3.8, 4) is 17.6 Å². The minimum atomic E-state index is -0.570. The topological polar surface area (TPSA) is 94.6 Å². The Balaban J connectivity index is 2.14. The van der Waals surface area contributed by atoms with Crippen LogP contribution in [0.25, 0.3) is 0 Å². The maximum absolute atomic E-state index is 13.1. The zero-order chi connectivity index (χ0) is 21.3. The van der Waals surface area contributed by atoms with Crippen molar-refractivity contribution >= 4 is 5.78 Å². The minimum absolute atomic E-state index is 0.00943. The fourth-order valence-corrected chi connectivity index (χ4v) is 3.94. The van der Waals surface area contributed by atoms with Gasteiger partial charge in [0.1, 0.15) is 17.4 Å². The Bertz CT molecular complexity index is 935. The van der Waals surface area contributed by atoms with Gasteiger partial charge in [-0.05, 0) is 43.9 Å². The van der Waals surface area contributed by atoms with Crippen LogP contribution in [-0.4, -0.2) is 18.5 Å². The van der Waals surface area contributed by atoms with Crippen LogP contribution in [0.3, 0.4) is 0 Å². The fraction of sp³-hybridized carbons (Fsp3) is 0.478. The average molecular weight is 396 g/mol. The molecule has 3 rings (SSSR count). The molecule has 0 aromatic heterocycles. The molecule has 0 saturated heterocycles. The maximum atomic E-state index is 13.1.